The minimum Gasteiger partial charge on any atom is -0.381 e. The molecule has 0 spiro atoms. The Balaban J connectivity index is 1.88. The molecule has 2 unspecified atom stereocenters. The van der Waals surface area contributed by atoms with E-state index >= 15 is 0 Å². The van der Waals surface area contributed by atoms with Crippen molar-refractivity contribution < 1.29 is 9.53 Å². The zero-order valence-electron chi connectivity index (χ0n) is 12.9. The van der Waals surface area contributed by atoms with E-state index in [-0.39, 0.29) is 0 Å². The molecule has 3 aliphatic rings. The summed E-state index contributed by atoms with van der Waals surface area (Å²) in [5, 5.41) is 0. The topological polar surface area (TPSA) is 26.3 Å². The van der Waals surface area contributed by atoms with Gasteiger partial charge in [-0.05, 0) is 54.3 Å². The molecule has 3 fully saturated rings. The van der Waals surface area contributed by atoms with Crippen molar-refractivity contribution in [2.75, 3.05) is 7.11 Å². The number of hydrogen-bond acceptors (Lipinski definition) is 2. The molecule has 0 N–H and O–H groups in total. The Morgan fingerprint density at radius 1 is 1.21 bits per heavy atom. The van der Waals surface area contributed by atoms with Gasteiger partial charge in [0.05, 0.1) is 6.10 Å². The van der Waals surface area contributed by atoms with Crippen LogP contribution in [0, 0.1) is 28.6 Å². The average Bonchev–Trinajstić information content (AvgIpc) is 2.71. The number of Topliss-reactive ketones (excluding diaryl/α,β-unsaturated/α-hetero) is 1. The van der Waals surface area contributed by atoms with Gasteiger partial charge in [-0.3, -0.25) is 4.79 Å². The SMILES string of the molecule is COC1CCC(=O)CC1[C@H]1C[C@@H]2CC[C@@]1(C)C2(C)C. The largest absolute Gasteiger partial charge is 0.381 e. The van der Waals surface area contributed by atoms with Crippen molar-refractivity contribution in [3.05, 3.63) is 0 Å². The molecule has 2 nitrogen and oxygen atoms in total. The van der Waals surface area contributed by atoms with E-state index in [9.17, 15) is 4.79 Å². The number of ketones is 1. The van der Waals surface area contributed by atoms with E-state index in [1.54, 1.807) is 0 Å². The van der Waals surface area contributed by atoms with Gasteiger partial charge in [0.15, 0.2) is 0 Å². The first kappa shape index (κ1) is 13.6. The fourth-order valence-electron chi connectivity index (χ4n) is 5.62. The highest BCUT2D eigenvalue weighted by molar-refractivity contribution is 5.79. The highest BCUT2D eigenvalue weighted by Crippen LogP contribution is 2.70. The lowest BCUT2D eigenvalue weighted by Gasteiger charge is -2.45. The van der Waals surface area contributed by atoms with Gasteiger partial charge in [0.1, 0.15) is 5.78 Å². The standard InChI is InChI=1S/C17H28O2/c1-16(2)11-7-8-17(16,3)14(9-11)13-10-12(18)5-6-15(13)19-4/h11,13-15H,5-10H2,1-4H3/t11-,13?,14+,15?,17+/m0/s1. The Bertz CT molecular complexity index is 387. The van der Waals surface area contributed by atoms with Crippen LogP contribution in [0.4, 0.5) is 0 Å². The number of ether oxygens (including phenoxy) is 1. The summed E-state index contributed by atoms with van der Waals surface area (Å²) in [6, 6.07) is 0. The quantitative estimate of drug-likeness (QED) is 0.757. The van der Waals surface area contributed by atoms with Crippen LogP contribution >= 0.6 is 0 Å². The van der Waals surface area contributed by atoms with Crippen LogP contribution in [0.2, 0.25) is 0 Å². The van der Waals surface area contributed by atoms with Crippen molar-refractivity contribution >= 4 is 5.78 Å². The molecule has 0 heterocycles. The average molecular weight is 264 g/mol. The van der Waals surface area contributed by atoms with Crippen LogP contribution in [-0.2, 0) is 9.53 Å². The summed E-state index contributed by atoms with van der Waals surface area (Å²) < 4.78 is 5.73. The van der Waals surface area contributed by atoms with Crippen LogP contribution in [0.15, 0.2) is 0 Å². The third-order valence-electron chi connectivity index (χ3n) is 7.33. The second-order valence-corrected chi connectivity index (χ2v) is 7.94. The van der Waals surface area contributed by atoms with Gasteiger partial charge in [-0.1, -0.05) is 20.8 Å². The maximum atomic E-state index is 11.9. The maximum Gasteiger partial charge on any atom is 0.133 e. The minimum atomic E-state index is 0.315. The van der Waals surface area contributed by atoms with Crippen LogP contribution in [0.1, 0.15) is 59.3 Å². The Labute approximate surface area is 117 Å². The van der Waals surface area contributed by atoms with Crippen LogP contribution in [0.5, 0.6) is 0 Å². The predicted octanol–water partition coefficient (Wildman–Crippen LogP) is 3.83. The number of fused-ring (bicyclic) bond motifs is 2. The van der Waals surface area contributed by atoms with Gasteiger partial charge in [0.2, 0.25) is 0 Å². The normalized spacial score (nSPS) is 48.7. The van der Waals surface area contributed by atoms with Crippen molar-refractivity contribution in [2.45, 2.75) is 65.4 Å². The van der Waals surface area contributed by atoms with Gasteiger partial charge in [0, 0.05) is 20.0 Å². The van der Waals surface area contributed by atoms with Crippen molar-refractivity contribution in [2.24, 2.45) is 28.6 Å². The summed E-state index contributed by atoms with van der Waals surface area (Å²) in [7, 11) is 1.83. The molecule has 3 aliphatic carbocycles. The van der Waals surface area contributed by atoms with Crippen LogP contribution < -0.4 is 0 Å². The van der Waals surface area contributed by atoms with E-state index in [2.05, 4.69) is 20.8 Å². The van der Waals surface area contributed by atoms with Gasteiger partial charge in [-0.15, -0.1) is 0 Å². The van der Waals surface area contributed by atoms with Crippen molar-refractivity contribution in [1.29, 1.82) is 0 Å². The van der Waals surface area contributed by atoms with Crippen molar-refractivity contribution in [3.63, 3.8) is 0 Å². The Hall–Kier alpha value is -0.370. The summed E-state index contributed by atoms with van der Waals surface area (Å²) in [5.41, 5.74) is 0.854. The first-order chi connectivity index (χ1) is 8.90. The fraction of sp³-hybridized carbons (Fsp3) is 0.941. The first-order valence-corrected chi connectivity index (χ1v) is 7.94. The number of hydrogen-bond donors (Lipinski definition) is 0. The molecule has 108 valence electrons. The summed E-state index contributed by atoms with van der Waals surface area (Å²) >= 11 is 0. The zero-order valence-corrected chi connectivity index (χ0v) is 12.9. The summed E-state index contributed by atoms with van der Waals surface area (Å²) in [6.45, 7) is 7.39. The van der Waals surface area contributed by atoms with E-state index in [4.69, 9.17) is 4.74 Å². The molecular formula is C17H28O2. The van der Waals surface area contributed by atoms with Gasteiger partial charge in [-0.2, -0.15) is 0 Å². The fourth-order valence-corrected chi connectivity index (χ4v) is 5.62. The zero-order chi connectivity index (χ0) is 13.8. The molecule has 0 aliphatic heterocycles. The lowest BCUT2D eigenvalue weighted by Crippen LogP contribution is -2.43. The minimum absolute atomic E-state index is 0.315. The summed E-state index contributed by atoms with van der Waals surface area (Å²) in [5.74, 6) is 2.48. The van der Waals surface area contributed by atoms with E-state index in [0.717, 1.165) is 25.2 Å². The molecule has 0 aromatic carbocycles. The molecule has 3 rings (SSSR count). The Kier molecular flexibility index (Phi) is 3.09. The monoisotopic (exact) mass is 264 g/mol. The second kappa shape index (κ2) is 4.31. The molecule has 2 bridgehead atoms. The van der Waals surface area contributed by atoms with Crippen molar-refractivity contribution in [1.82, 2.24) is 0 Å². The number of carbonyl (C=O) groups is 1. The van der Waals surface area contributed by atoms with Gasteiger partial charge >= 0.3 is 0 Å². The highest BCUT2D eigenvalue weighted by atomic mass is 16.5. The molecule has 0 amide bonds. The Morgan fingerprint density at radius 2 is 1.95 bits per heavy atom. The molecular weight excluding hydrogens is 236 g/mol. The number of carbonyl (C=O) groups excluding carboxylic acids is 1. The smallest absolute Gasteiger partial charge is 0.133 e. The molecule has 19 heavy (non-hydrogen) atoms. The summed E-state index contributed by atoms with van der Waals surface area (Å²) in [4.78, 5) is 11.9. The van der Waals surface area contributed by atoms with E-state index in [1.165, 1.54) is 19.3 Å². The first-order valence-electron chi connectivity index (χ1n) is 7.94. The molecule has 2 heteroatoms. The Morgan fingerprint density at radius 3 is 2.47 bits per heavy atom. The molecule has 3 saturated carbocycles. The van der Waals surface area contributed by atoms with E-state index in [1.807, 2.05) is 7.11 Å². The van der Waals surface area contributed by atoms with Crippen LogP contribution in [0.25, 0.3) is 0 Å². The third-order valence-corrected chi connectivity index (χ3v) is 7.33. The van der Waals surface area contributed by atoms with Crippen LogP contribution in [-0.4, -0.2) is 19.0 Å². The predicted molar refractivity (Wildman–Crippen MR) is 75.9 cm³/mol. The molecule has 0 radical (unpaired) electrons. The van der Waals surface area contributed by atoms with Gasteiger partial charge in [0.25, 0.3) is 0 Å². The lowest BCUT2D eigenvalue weighted by atomic mass is 9.60. The highest BCUT2D eigenvalue weighted by Gasteiger charge is 2.63. The second-order valence-electron chi connectivity index (χ2n) is 7.94. The third kappa shape index (κ3) is 1.75. The number of rotatable bonds is 2. The van der Waals surface area contributed by atoms with Crippen LogP contribution in [0.3, 0.4) is 0 Å². The van der Waals surface area contributed by atoms with E-state index < -0.39 is 0 Å². The molecule has 5 atom stereocenters. The lowest BCUT2D eigenvalue weighted by molar-refractivity contribution is -0.129. The molecule has 0 aromatic heterocycles. The van der Waals surface area contributed by atoms with Gasteiger partial charge < -0.3 is 4.74 Å². The summed E-state index contributed by atoms with van der Waals surface area (Å²) in [6.07, 6.45) is 6.80. The molecule has 0 saturated heterocycles. The van der Waals surface area contributed by atoms with Crippen molar-refractivity contribution in [3.8, 4) is 0 Å². The van der Waals surface area contributed by atoms with Gasteiger partial charge in [-0.25, -0.2) is 0 Å². The maximum absolute atomic E-state index is 11.9. The number of methoxy groups -OCH3 is 1. The van der Waals surface area contributed by atoms with E-state index in [0.29, 0.717) is 34.6 Å². The molecule has 0 aromatic rings.